The highest BCUT2D eigenvalue weighted by atomic mass is 32.2. The van der Waals surface area contributed by atoms with E-state index in [9.17, 15) is 26.0 Å². The monoisotopic (exact) mass is 537 g/mol. The molecule has 36 heavy (non-hydrogen) atoms. The van der Waals surface area contributed by atoms with Crippen molar-refractivity contribution in [2.24, 2.45) is 0 Å². The van der Waals surface area contributed by atoms with Crippen LogP contribution in [-0.2, 0) is 24.8 Å². The summed E-state index contributed by atoms with van der Waals surface area (Å²) < 4.78 is 76.7. The van der Waals surface area contributed by atoms with Gasteiger partial charge in [0.2, 0.25) is 15.9 Å². The van der Waals surface area contributed by atoms with Crippen molar-refractivity contribution in [2.75, 3.05) is 41.4 Å². The highest BCUT2D eigenvalue weighted by Crippen LogP contribution is 2.33. The van der Waals surface area contributed by atoms with Crippen LogP contribution in [0.2, 0.25) is 0 Å². The molecule has 0 fully saturated rings. The molecule has 0 aliphatic heterocycles. The molecule has 0 saturated heterocycles. The van der Waals surface area contributed by atoms with E-state index < -0.39 is 38.3 Å². The lowest BCUT2D eigenvalue weighted by molar-refractivity contribution is -0.114. The largest absolute Gasteiger partial charge is 0.497 e. The van der Waals surface area contributed by atoms with Crippen LogP contribution in [0.4, 0.5) is 21.5 Å². The third-order valence-electron chi connectivity index (χ3n) is 4.89. The maximum absolute atomic E-state index is 13.0. The van der Waals surface area contributed by atoms with Crippen molar-refractivity contribution in [1.82, 2.24) is 0 Å². The lowest BCUT2D eigenvalue weighted by Crippen LogP contribution is -2.37. The van der Waals surface area contributed by atoms with Crippen LogP contribution in [0, 0.1) is 5.82 Å². The van der Waals surface area contributed by atoms with E-state index in [1.54, 1.807) is 6.07 Å². The number of hydrogen-bond donors (Lipinski definition) is 2. The third-order valence-corrected chi connectivity index (χ3v) is 7.41. The van der Waals surface area contributed by atoms with Crippen molar-refractivity contribution in [3.8, 4) is 11.5 Å². The molecule has 0 heterocycles. The number of carbonyl (C=O) groups excluding carboxylic acids is 1. The van der Waals surface area contributed by atoms with Crippen LogP contribution in [0.3, 0.4) is 0 Å². The van der Waals surface area contributed by atoms with Crippen LogP contribution < -0.4 is 23.8 Å². The standard InChI is InChI=1S/C23H24FN3O7S2/c1-33-19-10-13-22(34-2)21(14-19)27(35(3,29)30)15-23(28)25-17-8-11-20(12-9-17)36(31,32)26-18-6-4-16(24)5-7-18/h4-14,26H,15H2,1-3H3,(H,25,28). The first-order chi connectivity index (χ1) is 16.9. The zero-order valence-electron chi connectivity index (χ0n) is 19.6. The van der Waals surface area contributed by atoms with Crippen LogP contribution in [0.1, 0.15) is 0 Å². The van der Waals surface area contributed by atoms with Gasteiger partial charge < -0.3 is 14.8 Å². The van der Waals surface area contributed by atoms with E-state index >= 15 is 0 Å². The molecule has 0 radical (unpaired) electrons. The summed E-state index contributed by atoms with van der Waals surface area (Å²) in [6, 6.07) is 14.6. The molecule has 1 amide bonds. The van der Waals surface area contributed by atoms with Gasteiger partial charge in [-0.3, -0.25) is 13.8 Å². The molecule has 2 N–H and O–H groups in total. The molecule has 0 aliphatic carbocycles. The van der Waals surface area contributed by atoms with E-state index in [0.29, 0.717) is 5.75 Å². The molecule has 0 bridgehead atoms. The van der Waals surface area contributed by atoms with E-state index in [-0.39, 0.29) is 27.7 Å². The van der Waals surface area contributed by atoms with Gasteiger partial charge in [-0.1, -0.05) is 0 Å². The molecule has 0 saturated carbocycles. The first kappa shape index (κ1) is 26.8. The number of nitrogens with zero attached hydrogens (tertiary/aromatic N) is 1. The number of sulfonamides is 2. The van der Waals surface area contributed by atoms with Crippen LogP contribution in [0.25, 0.3) is 0 Å². The molecule has 3 rings (SSSR count). The Morgan fingerprint density at radius 1 is 0.889 bits per heavy atom. The summed E-state index contributed by atoms with van der Waals surface area (Å²) >= 11 is 0. The average molecular weight is 538 g/mol. The summed E-state index contributed by atoms with van der Waals surface area (Å²) in [6.45, 7) is -0.575. The fourth-order valence-corrected chi connectivity index (χ4v) is 5.06. The molecule has 3 aromatic rings. The Morgan fingerprint density at radius 3 is 2.06 bits per heavy atom. The predicted molar refractivity (Wildman–Crippen MR) is 134 cm³/mol. The minimum Gasteiger partial charge on any atom is -0.497 e. The van der Waals surface area contributed by atoms with E-state index in [2.05, 4.69) is 10.0 Å². The zero-order valence-corrected chi connectivity index (χ0v) is 21.2. The maximum atomic E-state index is 13.0. The number of ether oxygens (including phenoxy) is 2. The molecule has 13 heteroatoms. The number of halogens is 1. The molecular formula is C23H24FN3O7S2. The fourth-order valence-electron chi connectivity index (χ4n) is 3.15. The molecule has 0 spiro atoms. The summed E-state index contributed by atoms with van der Waals surface area (Å²) in [6.07, 6.45) is 0.951. The quantitative estimate of drug-likeness (QED) is 0.406. The SMILES string of the molecule is COc1ccc(OC)c(N(CC(=O)Nc2ccc(S(=O)(=O)Nc3ccc(F)cc3)cc2)S(C)(=O)=O)c1. The zero-order chi connectivity index (χ0) is 26.5. The Labute approximate surface area is 208 Å². The normalized spacial score (nSPS) is 11.4. The maximum Gasteiger partial charge on any atom is 0.261 e. The molecular weight excluding hydrogens is 513 g/mol. The number of methoxy groups -OCH3 is 2. The summed E-state index contributed by atoms with van der Waals surface area (Å²) in [7, 11) is -5.07. The number of amides is 1. The van der Waals surface area contributed by atoms with Gasteiger partial charge in [0.1, 0.15) is 23.9 Å². The number of anilines is 3. The van der Waals surface area contributed by atoms with Crippen molar-refractivity contribution in [2.45, 2.75) is 4.90 Å². The second kappa shape index (κ2) is 10.8. The summed E-state index contributed by atoms with van der Waals surface area (Å²) in [4.78, 5) is 12.6. The smallest absolute Gasteiger partial charge is 0.261 e. The van der Waals surface area contributed by atoms with Gasteiger partial charge in [-0.25, -0.2) is 21.2 Å². The Balaban J connectivity index is 1.76. The second-order valence-corrected chi connectivity index (χ2v) is 11.1. The fraction of sp³-hybridized carbons (Fsp3) is 0.174. The Bertz CT molecular complexity index is 1440. The van der Waals surface area contributed by atoms with E-state index in [0.717, 1.165) is 22.7 Å². The van der Waals surface area contributed by atoms with Crippen LogP contribution in [0.5, 0.6) is 11.5 Å². The molecule has 0 unspecified atom stereocenters. The highest BCUT2D eigenvalue weighted by Gasteiger charge is 2.25. The van der Waals surface area contributed by atoms with Gasteiger partial charge in [0.05, 0.1) is 31.1 Å². The van der Waals surface area contributed by atoms with Gasteiger partial charge in [0.25, 0.3) is 10.0 Å². The topological polar surface area (TPSA) is 131 Å². The lowest BCUT2D eigenvalue weighted by atomic mass is 10.2. The van der Waals surface area contributed by atoms with Crippen molar-refractivity contribution in [1.29, 1.82) is 0 Å². The number of benzene rings is 3. The number of hydrogen-bond acceptors (Lipinski definition) is 7. The van der Waals surface area contributed by atoms with E-state index in [4.69, 9.17) is 9.47 Å². The Morgan fingerprint density at radius 2 is 1.50 bits per heavy atom. The van der Waals surface area contributed by atoms with Gasteiger partial charge in [-0.15, -0.1) is 0 Å². The molecule has 10 nitrogen and oxygen atoms in total. The summed E-state index contributed by atoms with van der Waals surface area (Å²) in [5.41, 5.74) is 0.539. The van der Waals surface area contributed by atoms with Crippen LogP contribution in [0.15, 0.2) is 71.6 Å². The number of carbonyl (C=O) groups is 1. The summed E-state index contributed by atoms with van der Waals surface area (Å²) in [5.74, 6) is -0.592. The van der Waals surface area contributed by atoms with Crippen molar-refractivity contribution in [3.05, 3.63) is 72.5 Å². The first-order valence-electron chi connectivity index (χ1n) is 10.3. The van der Waals surface area contributed by atoms with Crippen LogP contribution in [-0.4, -0.2) is 49.8 Å². The predicted octanol–water partition coefficient (Wildman–Crippen LogP) is 3.05. The summed E-state index contributed by atoms with van der Waals surface area (Å²) in [5, 5.41) is 2.54. The van der Waals surface area contributed by atoms with Crippen molar-refractivity contribution >= 4 is 43.0 Å². The highest BCUT2D eigenvalue weighted by molar-refractivity contribution is 7.92. The van der Waals surface area contributed by atoms with E-state index in [1.165, 1.54) is 62.8 Å². The minimum atomic E-state index is -3.96. The molecule has 0 atom stereocenters. The Hall–Kier alpha value is -3.84. The molecule has 3 aromatic carbocycles. The van der Waals surface area contributed by atoms with Gasteiger partial charge in [-0.2, -0.15) is 0 Å². The van der Waals surface area contributed by atoms with Gasteiger partial charge >= 0.3 is 0 Å². The van der Waals surface area contributed by atoms with Gasteiger partial charge in [-0.05, 0) is 60.7 Å². The minimum absolute atomic E-state index is 0.0938. The van der Waals surface area contributed by atoms with Crippen LogP contribution >= 0.6 is 0 Å². The lowest BCUT2D eigenvalue weighted by Gasteiger charge is -2.24. The third kappa shape index (κ3) is 6.64. The number of nitrogens with one attached hydrogen (secondary N) is 2. The van der Waals surface area contributed by atoms with Gasteiger partial charge in [0, 0.05) is 17.4 Å². The average Bonchev–Trinajstić information content (AvgIpc) is 2.83. The van der Waals surface area contributed by atoms with Gasteiger partial charge in [0.15, 0.2) is 0 Å². The number of rotatable bonds is 10. The molecule has 192 valence electrons. The molecule has 0 aromatic heterocycles. The first-order valence-corrected chi connectivity index (χ1v) is 13.6. The van der Waals surface area contributed by atoms with Crippen molar-refractivity contribution < 1.29 is 35.5 Å². The molecule has 0 aliphatic rings. The second-order valence-electron chi connectivity index (χ2n) is 7.49. The van der Waals surface area contributed by atoms with E-state index in [1.807, 2.05) is 0 Å². The van der Waals surface area contributed by atoms with Crippen molar-refractivity contribution in [3.63, 3.8) is 0 Å². The Kier molecular flexibility index (Phi) is 8.05.